The lowest BCUT2D eigenvalue weighted by molar-refractivity contribution is 0.137. The molecule has 0 saturated carbocycles. The zero-order valence-corrected chi connectivity index (χ0v) is 12.1. The molecule has 0 radical (unpaired) electrons. The van der Waals surface area contributed by atoms with Crippen molar-refractivity contribution in [1.29, 1.82) is 0 Å². The van der Waals surface area contributed by atoms with E-state index in [-0.39, 0.29) is 12.6 Å². The second-order valence-corrected chi connectivity index (χ2v) is 5.63. The third-order valence-corrected chi connectivity index (χ3v) is 4.15. The van der Waals surface area contributed by atoms with E-state index in [1.165, 1.54) is 22.3 Å². The second-order valence-electron chi connectivity index (χ2n) is 5.63. The van der Waals surface area contributed by atoms with E-state index in [0.717, 1.165) is 0 Å². The van der Waals surface area contributed by atoms with E-state index in [0.29, 0.717) is 12.6 Å². The van der Waals surface area contributed by atoms with Crippen LogP contribution in [0.3, 0.4) is 0 Å². The lowest BCUT2D eigenvalue weighted by atomic mass is 10.0. The van der Waals surface area contributed by atoms with Crippen LogP contribution in [-0.2, 0) is 0 Å². The monoisotopic (exact) mass is 267 g/mol. The summed E-state index contributed by atoms with van der Waals surface area (Å²) in [4.78, 5) is 2.38. The van der Waals surface area contributed by atoms with E-state index in [2.05, 4.69) is 67.3 Å². The Morgan fingerprint density at radius 2 is 1.45 bits per heavy atom. The van der Waals surface area contributed by atoms with E-state index < -0.39 is 0 Å². The average molecular weight is 267 g/mol. The molecule has 1 N–H and O–H groups in total. The van der Waals surface area contributed by atoms with Gasteiger partial charge in [-0.25, -0.2) is 0 Å². The molecule has 0 amide bonds. The standard InChI is InChI=1S/C18H21NO/c1-13(2)19(11-12-20)18-16-9-5-3-7-14(16)15-8-4-6-10-17(15)18/h3-10,13,18,20H,11-12H2,1-2H3. The minimum Gasteiger partial charge on any atom is -0.395 e. The summed E-state index contributed by atoms with van der Waals surface area (Å²) in [7, 11) is 0. The lowest BCUT2D eigenvalue weighted by Crippen LogP contribution is -2.36. The Morgan fingerprint density at radius 3 is 1.90 bits per heavy atom. The van der Waals surface area contributed by atoms with Crippen LogP contribution in [0.1, 0.15) is 31.0 Å². The van der Waals surface area contributed by atoms with Crippen LogP contribution in [0.4, 0.5) is 0 Å². The third-order valence-electron chi connectivity index (χ3n) is 4.15. The molecule has 2 nitrogen and oxygen atoms in total. The van der Waals surface area contributed by atoms with Crippen molar-refractivity contribution < 1.29 is 5.11 Å². The third kappa shape index (κ3) is 2.05. The molecule has 0 heterocycles. The normalized spacial score (nSPS) is 13.8. The number of nitrogens with zero attached hydrogens (tertiary/aromatic N) is 1. The summed E-state index contributed by atoms with van der Waals surface area (Å²) in [5, 5.41) is 9.40. The second kappa shape index (κ2) is 5.39. The summed E-state index contributed by atoms with van der Waals surface area (Å²) in [6.45, 7) is 5.28. The van der Waals surface area contributed by atoms with Crippen LogP contribution < -0.4 is 0 Å². The molecule has 1 aliphatic carbocycles. The van der Waals surface area contributed by atoms with Gasteiger partial charge >= 0.3 is 0 Å². The summed E-state index contributed by atoms with van der Waals surface area (Å²) in [5.41, 5.74) is 5.38. The number of rotatable bonds is 4. The van der Waals surface area contributed by atoms with Crippen molar-refractivity contribution >= 4 is 0 Å². The van der Waals surface area contributed by atoms with Crippen molar-refractivity contribution in [3.63, 3.8) is 0 Å². The molecule has 0 unspecified atom stereocenters. The Balaban J connectivity index is 2.15. The molecule has 1 aliphatic rings. The highest BCUT2D eigenvalue weighted by molar-refractivity contribution is 5.78. The predicted octanol–water partition coefficient (Wildman–Crippen LogP) is 3.46. The first-order valence-corrected chi connectivity index (χ1v) is 7.29. The number of hydrogen-bond acceptors (Lipinski definition) is 2. The fourth-order valence-corrected chi connectivity index (χ4v) is 3.29. The van der Waals surface area contributed by atoms with E-state index in [4.69, 9.17) is 0 Å². The molecule has 0 aliphatic heterocycles. The van der Waals surface area contributed by atoms with Crippen molar-refractivity contribution in [2.75, 3.05) is 13.2 Å². The van der Waals surface area contributed by atoms with Crippen LogP contribution in [0.15, 0.2) is 48.5 Å². The van der Waals surface area contributed by atoms with Gasteiger partial charge in [-0.3, -0.25) is 4.90 Å². The van der Waals surface area contributed by atoms with Crippen molar-refractivity contribution in [1.82, 2.24) is 4.90 Å². The molecule has 2 aromatic carbocycles. The van der Waals surface area contributed by atoms with Crippen LogP contribution in [0, 0.1) is 0 Å². The summed E-state index contributed by atoms with van der Waals surface area (Å²) >= 11 is 0. The van der Waals surface area contributed by atoms with Crippen molar-refractivity contribution in [2.45, 2.75) is 25.9 Å². The molecule has 0 fully saturated rings. The van der Waals surface area contributed by atoms with Crippen LogP contribution in [0.2, 0.25) is 0 Å². The number of aliphatic hydroxyl groups is 1. The maximum atomic E-state index is 9.40. The number of hydrogen-bond donors (Lipinski definition) is 1. The lowest BCUT2D eigenvalue weighted by Gasteiger charge is -2.33. The Hall–Kier alpha value is -1.64. The maximum Gasteiger partial charge on any atom is 0.0617 e. The summed E-state index contributed by atoms with van der Waals surface area (Å²) in [5.74, 6) is 0. The first-order valence-electron chi connectivity index (χ1n) is 7.29. The molecule has 0 atom stereocenters. The molecule has 0 spiro atoms. The SMILES string of the molecule is CC(C)N(CCO)C1c2ccccc2-c2ccccc21. The number of fused-ring (bicyclic) bond motifs is 3. The predicted molar refractivity (Wildman–Crippen MR) is 82.6 cm³/mol. The molecule has 104 valence electrons. The molecular weight excluding hydrogens is 246 g/mol. The van der Waals surface area contributed by atoms with E-state index >= 15 is 0 Å². The van der Waals surface area contributed by atoms with Gasteiger partial charge in [0.25, 0.3) is 0 Å². The molecule has 3 rings (SSSR count). The van der Waals surface area contributed by atoms with Crippen LogP contribution >= 0.6 is 0 Å². The van der Waals surface area contributed by atoms with Gasteiger partial charge in [0, 0.05) is 12.6 Å². The fraction of sp³-hybridized carbons (Fsp3) is 0.333. The van der Waals surface area contributed by atoms with Crippen LogP contribution in [0.5, 0.6) is 0 Å². The van der Waals surface area contributed by atoms with Gasteiger partial charge in [-0.1, -0.05) is 48.5 Å². The largest absolute Gasteiger partial charge is 0.395 e. The molecular formula is C18H21NO. The molecule has 2 heteroatoms. The minimum atomic E-state index is 0.193. The average Bonchev–Trinajstić information content (AvgIpc) is 2.79. The van der Waals surface area contributed by atoms with Gasteiger partial charge in [0.1, 0.15) is 0 Å². The van der Waals surface area contributed by atoms with Gasteiger partial charge in [0.15, 0.2) is 0 Å². The van der Waals surface area contributed by atoms with Gasteiger partial charge in [0.05, 0.1) is 12.6 Å². The Morgan fingerprint density at radius 1 is 0.950 bits per heavy atom. The van der Waals surface area contributed by atoms with Crippen LogP contribution in [0.25, 0.3) is 11.1 Å². The molecule has 20 heavy (non-hydrogen) atoms. The van der Waals surface area contributed by atoms with Gasteiger partial charge in [-0.05, 0) is 36.1 Å². The Labute approximate surface area is 120 Å². The summed E-state index contributed by atoms with van der Waals surface area (Å²) in [6, 6.07) is 17.9. The van der Waals surface area contributed by atoms with Gasteiger partial charge in [-0.15, -0.1) is 0 Å². The molecule has 0 bridgehead atoms. The smallest absolute Gasteiger partial charge is 0.0617 e. The first-order chi connectivity index (χ1) is 9.74. The van der Waals surface area contributed by atoms with Crippen molar-refractivity contribution in [3.05, 3.63) is 59.7 Å². The zero-order chi connectivity index (χ0) is 14.1. The number of benzene rings is 2. The van der Waals surface area contributed by atoms with E-state index in [9.17, 15) is 5.11 Å². The van der Waals surface area contributed by atoms with Gasteiger partial charge in [-0.2, -0.15) is 0 Å². The van der Waals surface area contributed by atoms with Gasteiger partial charge in [0.2, 0.25) is 0 Å². The highest BCUT2D eigenvalue weighted by Crippen LogP contribution is 2.46. The van der Waals surface area contributed by atoms with Crippen LogP contribution in [-0.4, -0.2) is 29.2 Å². The molecule has 0 saturated heterocycles. The fourth-order valence-electron chi connectivity index (χ4n) is 3.29. The first kappa shape index (κ1) is 13.3. The number of aliphatic hydroxyl groups excluding tert-OH is 1. The Bertz CT molecular complexity index is 560. The van der Waals surface area contributed by atoms with Crippen molar-refractivity contribution in [3.8, 4) is 11.1 Å². The topological polar surface area (TPSA) is 23.5 Å². The van der Waals surface area contributed by atoms with Gasteiger partial charge < -0.3 is 5.11 Å². The van der Waals surface area contributed by atoms with E-state index in [1.54, 1.807) is 0 Å². The highest BCUT2D eigenvalue weighted by Gasteiger charge is 2.33. The minimum absolute atomic E-state index is 0.193. The molecule has 0 aromatic heterocycles. The quantitative estimate of drug-likeness (QED) is 0.917. The summed E-state index contributed by atoms with van der Waals surface area (Å²) in [6.07, 6.45) is 0. The highest BCUT2D eigenvalue weighted by atomic mass is 16.3. The maximum absolute atomic E-state index is 9.40. The Kier molecular flexibility index (Phi) is 3.60. The summed E-state index contributed by atoms with van der Waals surface area (Å²) < 4.78 is 0. The van der Waals surface area contributed by atoms with E-state index in [1.807, 2.05) is 0 Å². The molecule has 2 aromatic rings. The zero-order valence-electron chi connectivity index (χ0n) is 12.1. The van der Waals surface area contributed by atoms with Crippen molar-refractivity contribution in [2.24, 2.45) is 0 Å².